The van der Waals surface area contributed by atoms with Gasteiger partial charge in [-0.25, -0.2) is 20.0 Å². The molecule has 6 rings (SSSR count). The Morgan fingerprint density at radius 1 is 0.639 bits per heavy atom. The van der Waals surface area contributed by atoms with Crippen molar-refractivity contribution in [2.24, 2.45) is 9.98 Å². The van der Waals surface area contributed by atoms with E-state index in [0.717, 1.165) is 21.5 Å². The number of hydrogen-bond donors (Lipinski definition) is 2. The van der Waals surface area contributed by atoms with Crippen LogP contribution in [0.1, 0.15) is 11.1 Å². The average Bonchev–Trinajstić information content (AvgIpc) is 3.62. The highest BCUT2D eigenvalue weighted by Gasteiger charge is 2.21. The Morgan fingerprint density at radius 2 is 1.08 bits per heavy atom. The van der Waals surface area contributed by atoms with E-state index in [9.17, 15) is 10.2 Å². The zero-order valence-corrected chi connectivity index (χ0v) is 20.4. The smallest absolute Gasteiger partial charge is 0.209 e. The summed E-state index contributed by atoms with van der Waals surface area (Å²) in [6, 6.07) is 19.3. The van der Waals surface area contributed by atoms with Crippen molar-refractivity contribution in [2.45, 2.75) is 0 Å². The fourth-order valence-corrected chi connectivity index (χ4v) is 5.19. The summed E-state index contributed by atoms with van der Waals surface area (Å²) >= 11 is 2.83. The molecule has 0 aliphatic heterocycles. The molecule has 174 valence electrons. The quantitative estimate of drug-likeness (QED) is 0.237. The van der Waals surface area contributed by atoms with Gasteiger partial charge in [-0.05, 0) is 33.7 Å². The first-order valence-corrected chi connectivity index (χ1v) is 12.8. The Bertz CT molecular complexity index is 1630. The second-order valence-electron chi connectivity index (χ2n) is 7.97. The summed E-state index contributed by atoms with van der Waals surface area (Å²) in [4.78, 5) is 17.2. The number of benzene rings is 4. The lowest BCUT2D eigenvalue weighted by Gasteiger charge is -2.17. The minimum Gasteiger partial charge on any atom is -0.507 e. The maximum Gasteiger partial charge on any atom is 0.209 e. The van der Waals surface area contributed by atoms with Crippen LogP contribution in [-0.4, -0.2) is 32.6 Å². The maximum absolute atomic E-state index is 11.6. The van der Waals surface area contributed by atoms with Crippen molar-refractivity contribution in [2.75, 3.05) is 0 Å². The van der Waals surface area contributed by atoms with Crippen LogP contribution in [0.25, 0.3) is 32.7 Å². The molecule has 0 saturated heterocycles. The molecule has 8 heteroatoms. The van der Waals surface area contributed by atoms with Gasteiger partial charge in [0, 0.05) is 57.8 Å². The van der Waals surface area contributed by atoms with Crippen LogP contribution in [-0.2, 0) is 0 Å². The van der Waals surface area contributed by atoms with Crippen molar-refractivity contribution in [3.05, 3.63) is 94.9 Å². The maximum atomic E-state index is 11.6. The molecule has 2 heterocycles. The zero-order valence-electron chi connectivity index (χ0n) is 18.7. The minimum atomic E-state index is 0.0310. The number of aromatic nitrogens is 2. The van der Waals surface area contributed by atoms with Gasteiger partial charge in [0.2, 0.25) is 10.3 Å². The summed E-state index contributed by atoms with van der Waals surface area (Å²) in [7, 11) is 0. The van der Waals surface area contributed by atoms with E-state index in [1.165, 1.54) is 22.7 Å². The van der Waals surface area contributed by atoms with Gasteiger partial charge in [-0.3, -0.25) is 0 Å². The molecule has 0 saturated carbocycles. The van der Waals surface area contributed by atoms with Crippen molar-refractivity contribution >= 4 is 66.9 Å². The molecular weight excluding hydrogens is 488 g/mol. The minimum absolute atomic E-state index is 0.0310. The van der Waals surface area contributed by atoms with E-state index in [4.69, 9.17) is 0 Å². The normalized spacial score (nSPS) is 11.9. The van der Waals surface area contributed by atoms with Gasteiger partial charge >= 0.3 is 0 Å². The number of fused-ring (bicyclic) bond motifs is 2. The molecule has 36 heavy (non-hydrogen) atoms. The number of aliphatic imine (C=N–C) groups is 2. The van der Waals surface area contributed by atoms with Gasteiger partial charge in [0.25, 0.3) is 0 Å². The van der Waals surface area contributed by atoms with Crippen molar-refractivity contribution < 1.29 is 10.2 Å². The SMILES string of the molecule is Oc1c(/C=N/c2nccs2)cc2ccccc2c1-c1c(O)c(/C=N/c2nccs2)cc2ccccc12. The summed E-state index contributed by atoms with van der Waals surface area (Å²) in [5.74, 6) is 0.0620. The molecule has 0 bridgehead atoms. The van der Waals surface area contributed by atoms with Crippen LogP contribution in [0.15, 0.2) is 93.8 Å². The van der Waals surface area contributed by atoms with Gasteiger partial charge in [-0.15, -0.1) is 22.7 Å². The molecule has 2 aromatic heterocycles. The predicted octanol–water partition coefficient (Wildman–Crippen LogP) is 7.49. The third-order valence-corrected chi connectivity index (χ3v) is 7.18. The lowest BCUT2D eigenvalue weighted by atomic mass is 9.89. The molecular formula is C28H18N4O2S2. The second kappa shape index (κ2) is 9.33. The molecule has 0 radical (unpaired) electrons. The Hall–Kier alpha value is -4.40. The molecule has 4 aromatic carbocycles. The van der Waals surface area contributed by atoms with Crippen molar-refractivity contribution in [1.29, 1.82) is 0 Å². The van der Waals surface area contributed by atoms with E-state index in [1.54, 1.807) is 24.8 Å². The standard InChI is InChI=1S/C28H18N4O2S2/c33-25-19(15-31-27-29-9-11-35-27)13-17-5-1-3-7-21(17)23(25)24-22-8-4-2-6-18(22)14-20(26(24)34)16-32-28-30-10-12-36-28/h1-16,33-34H/b31-15+,32-16+. The summed E-state index contributed by atoms with van der Waals surface area (Å²) in [6.45, 7) is 0. The summed E-state index contributed by atoms with van der Waals surface area (Å²) in [6.07, 6.45) is 6.59. The third kappa shape index (κ3) is 4.02. The zero-order chi connectivity index (χ0) is 24.5. The van der Waals surface area contributed by atoms with Crippen LogP contribution in [0.3, 0.4) is 0 Å². The fraction of sp³-hybridized carbons (Fsp3) is 0. The van der Waals surface area contributed by atoms with Gasteiger partial charge in [-0.1, -0.05) is 48.5 Å². The lowest BCUT2D eigenvalue weighted by Crippen LogP contribution is -1.94. The van der Waals surface area contributed by atoms with Gasteiger partial charge in [0.1, 0.15) is 11.5 Å². The summed E-state index contributed by atoms with van der Waals surface area (Å²) < 4.78 is 0. The summed E-state index contributed by atoms with van der Waals surface area (Å²) in [5, 5.41) is 31.5. The first-order valence-electron chi connectivity index (χ1n) is 11.1. The first-order chi connectivity index (χ1) is 17.7. The fourth-order valence-electron chi connectivity index (χ4n) is 4.23. The van der Waals surface area contributed by atoms with Gasteiger partial charge < -0.3 is 10.2 Å². The van der Waals surface area contributed by atoms with E-state index in [-0.39, 0.29) is 11.5 Å². The van der Waals surface area contributed by atoms with Crippen LogP contribution >= 0.6 is 22.7 Å². The number of rotatable bonds is 5. The van der Waals surface area contributed by atoms with Crippen LogP contribution in [0.2, 0.25) is 0 Å². The number of phenolic OH excluding ortho intramolecular Hbond substituents is 2. The number of aromatic hydroxyl groups is 2. The van der Waals surface area contributed by atoms with Crippen LogP contribution < -0.4 is 0 Å². The Kier molecular flexibility index (Phi) is 5.73. The number of hydrogen-bond acceptors (Lipinski definition) is 8. The molecule has 0 atom stereocenters. The van der Waals surface area contributed by atoms with E-state index < -0.39 is 0 Å². The highest BCUT2D eigenvalue weighted by molar-refractivity contribution is 7.13. The van der Waals surface area contributed by atoms with Crippen molar-refractivity contribution in [3.63, 3.8) is 0 Å². The highest BCUT2D eigenvalue weighted by atomic mass is 32.1. The average molecular weight is 507 g/mol. The number of thiazole rings is 2. The van der Waals surface area contributed by atoms with E-state index in [2.05, 4.69) is 20.0 Å². The molecule has 6 nitrogen and oxygen atoms in total. The molecule has 0 aliphatic rings. The molecule has 2 N–H and O–H groups in total. The molecule has 0 unspecified atom stereocenters. The van der Waals surface area contributed by atoms with Crippen LogP contribution in [0, 0.1) is 0 Å². The molecule has 0 amide bonds. The second-order valence-corrected chi connectivity index (χ2v) is 9.71. The number of phenols is 2. The first kappa shape index (κ1) is 22.1. The van der Waals surface area contributed by atoms with Crippen molar-refractivity contribution in [3.8, 4) is 22.6 Å². The largest absolute Gasteiger partial charge is 0.507 e. The van der Waals surface area contributed by atoms with E-state index in [0.29, 0.717) is 32.5 Å². The van der Waals surface area contributed by atoms with Crippen molar-refractivity contribution in [1.82, 2.24) is 9.97 Å². The lowest BCUT2D eigenvalue weighted by molar-refractivity contribution is 0.469. The Balaban J connectivity index is 1.64. The molecule has 0 fully saturated rings. The monoisotopic (exact) mass is 506 g/mol. The topological polar surface area (TPSA) is 91.0 Å². The van der Waals surface area contributed by atoms with Gasteiger partial charge in [-0.2, -0.15) is 0 Å². The molecule has 0 spiro atoms. The molecule has 0 aliphatic carbocycles. The Morgan fingerprint density at radius 3 is 1.50 bits per heavy atom. The van der Waals surface area contributed by atoms with E-state index in [1.807, 2.05) is 71.4 Å². The number of nitrogens with zero attached hydrogens (tertiary/aromatic N) is 4. The predicted molar refractivity (Wildman–Crippen MR) is 149 cm³/mol. The van der Waals surface area contributed by atoms with Gasteiger partial charge in [0.05, 0.1) is 0 Å². The van der Waals surface area contributed by atoms with E-state index >= 15 is 0 Å². The van der Waals surface area contributed by atoms with Crippen LogP contribution in [0.5, 0.6) is 11.5 Å². The third-order valence-electron chi connectivity index (χ3n) is 5.82. The van der Waals surface area contributed by atoms with Crippen LogP contribution in [0.4, 0.5) is 10.3 Å². The summed E-state index contributed by atoms with van der Waals surface area (Å²) in [5.41, 5.74) is 2.13. The molecule has 6 aromatic rings. The van der Waals surface area contributed by atoms with Gasteiger partial charge in [0.15, 0.2) is 0 Å². The Labute approximate surface area is 214 Å². The highest BCUT2D eigenvalue weighted by Crippen LogP contribution is 2.47.